The van der Waals surface area contributed by atoms with E-state index in [0.717, 1.165) is 17.8 Å². The van der Waals surface area contributed by atoms with Crippen molar-refractivity contribution in [2.75, 3.05) is 16.8 Å². The van der Waals surface area contributed by atoms with E-state index in [4.69, 9.17) is 5.26 Å². The molecule has 132 valence electrons. The minimum atomic E-state index is -0.140. The monoisotopic (exact) mass is 355 g/mol. The lowest BCUT2D eigenvalue weighted by Crippen LogP contribution is -2.30. The zero-order chi connectivity index (χ0) is 18.8. The van der Waals surface area contributed by atoms with Gasteiger partial charge in [0.05, 0.1) is 11.6 Å². The highest BCUT2D eigenvalue weighted by Crippen LogP contribution is 2.29. The Bertz CT molecular complexity index is 1070. The van der Waals surface area contributed by atoms with Crippen molar-refractivity contribution in [2.24, 2.45) is 0 Å². The Kier molecular flexibility index (Phi) is 4.27. The molecule has 1 aliphatic rings. The number of fused-ring (bicyclic) bond motifs is 1. The van der Waals surface area contributed by atoms with Crippen molar-refractivity contribution in [3.8, 4) is 6.07 Å². The van der Waals surface area contributed by atoms with E-state index in [2.05, 4.69) is 21.4 Å². The topological polar surface area (TPSA) is 81.9 Å². The number of hydrogen-bond acceptors (Lipinski definition) is 5. The van der Waals surface area contributed by atoms with Gasteiger partial charge in [-0.25, -0.2) is 9.97 Å². The van der Waals surface area contributed by atoms with Crippen LogP contribution in [-0.4, -0.2) is 22.4 Å². The fourth-order valence-electron chi connectivity index (χ4n) is 3.24. The van der Waals surface area contributed by atoms with Crippen LogP contribution in [0.2, 0.25) is 0 Å². The van der Waals surface area contributed by atoms with Gasteiger partial charge in [-0.2, -0.15) is 5.26 Å². The van der Waals surface area contributed by atoms with Gasteiger partial charge in [0.2, 0.25) is 0 Å². The molecule has 6 heteroatoms. The second-order valence-electron chi connectivity index (χ2n) is 6.34. The largest absolute Gasteiger partial charge is 0.340 e. The van der Waals surface area contributed by atoms with E-state index in [0.29, 0.717) is 29.4 Å². The number of amides is 1. The highest BCUT2D eigenvalue weighted by Gasteiger charge is 2.26. The summed E-state index contributed by atoms with van der Waals surface area (Å²) >= 11 is 0. The van der Waals surface area contributed by atoms with Gasteiger partial charge in [0.15, 0.2) is 0 Å². The van der Waals surface area contributed by atoms with E-state index in [-0.39, 0.29) is 5.91 Å². The Balaban J connectivity index is 1.63. The number of para-hydroxylation sites is 1. The number of nitrogens with one attached hydrogen (secondary N) is 1. The molecule has 2 aromatic carbocycles. The zero-order valence-corrected chi connectivity index (χ0v) is 14.8. The van der Waals surface area contributed by atoms with Gasteiger partial charge in [-0.3, -0.25) is 4.79 Å². The van der Waals surface area contributed by atoms with Crippen molar-refractivity contribution in [2.45, 2.75) is 13.3 Å². The maximum absolute atomic E-state index is 13.0. The predicted molar refractivity (Wildman–Crippen MR) is 103 cm³/mol. The molecule has 0 atom stereocenters. The van der Waals surface area contributed by atoms with Crippen molar-refractivity contribution >= 4 is 23.1 Å². The van der Waals surface area contributed by atoms with Crippen LogP contribution in [0.3, 0.4) is 0 Å². The molecule has 1 N–H and O–H groups in total. The second-order valence-corrected chi connectivity index (χ2v) is 6.34. The third-order valence-electron chi connectivity index (χ3n) is 4.45. The molecule has 27 heavy (non-hydrogen) atoms. The number of benzene rings is 2. The van der Waals surface area contributed by atoms with Crippen LogP contribution in [0, 0.1) is 18.3 Å². The van der Waals surface area contributed by atoms with E-state index in [1.54, 1.807) is 36.1 Å². The van der Waals surface area contributed by atoms with E-state index < -0.39 is 0 Å². The Labute approximate surface area is 157 Å². The summed E-state index contributed by atoms with van der Waals surface area (Å²) in [4.78, 5) is 23.5. The van der Waals surface area contributed by atoms with Crippen molar-refractivity contribution < 1.29 is 4.79 Å². The lowest BCUT2D eigenvalue weighted by Gasteiger charge is -2.17. The average Bonchev–Trinajstić information content (AvgIpc) is 3.11. The van der Waals surface area contributed by atoms with Crippen LogP contribution in [0.1, 0.15) is 27.4 Å². The Morgan fingerprint density at radius 2 is 2.00 bits per heavy atom. The normalized spacial score (nSPS) is 12.4. The lowest BCUT2D eigenvalue weighted by molar-refractivity contribution is 0.0984. The smallest absolute Gasteiger partial charge is 0.277 e. The fourth-order valence-corrected chi connectivity index (χ4v) is 3.24. The number of rotatable bonds is 3. The van der Waals surface area contributed by atoms with Crippen LogP contribution in [0.25, 0.3) is 0 Å². The van der Waals surface area contributed by atoms with Gasteiger partial charge in [0.25, 0.3) is 5.91 Å². The van der Waals surface area contributed by atoms with Gasteiger partial charge in [-0.05, 0) is 43.2 Å². The van der Waals surface area contributed by atoms with E-state index in [9.17, 15) is 4.79 Å². The Hall–Kier alpha value is -3.72. The number of aryl methyl sites for hydroxylation is 1. The first-order chi connectivity index (χ1) is 13.1. The summed E-state index contributed by atoms with van der Waals surface area (Å²) in [5.41, 5.74) is 3.74. The molecule has 4 rings (SSSR count). The molecular weight excluding hydrogens is 338 g/mol. The van der Waals surface area contributed by atoms with Gasteiger partial charge in [-0.15, -0.1) is 0 Å². The molecule has 0 saturated carbocycles. The van der Waals surface area contributed by atoms with Crippen LogP contribution in [0.4, 0.5) is 17.2 Å². The second kappa shape index (κ2) is 6.89. The molecule has 1 amide bonds. The molecule has 0 fully saturated rings. The fraction of sp³-hybridized carbons (Fsp3) is 0.143. The van der Waals surface area contributed by atoms with Crippen LogP contribution in [0.15, 0.2) is 54.6 Å². The van der Waals surface area contributed by atoms with Gasteiger partial charge in [0.1, 0.15) is 17.3 Å². The van der Waals surface area contributed by atoms with E-state index >= 15 is 0 Å². The van der Waals surface area contributed by atoms with Gasteiger partial charge >= 0.3 is 0 Å². The summed E-state index contributed by atoms with van der Waals surface area (Å²) in [7, 11) is 0. The van der Waals surface area contributed by atoms with Crippen LogP contribution in [-0.2, 0) is 6.42 Å². The number of carbonyl (C=O) groups excluding carboxylic acids is 1. The SMILES string of the molecule is Cc1nc(Nc2cccc(C#N)c2)cc(C(=O)N2CCc3ccccc32)n1. The predicted octanol–water partition coefficient (Wildman–Crippen LogP) is 3.60. The maximum atomic E-state index is 13.0. The summed E-state index contributed by atoms with van der Waals surface area (Å²) in [6.07, 6.45) is 0.845. The number of hydrogen-bond donors (Lipinski definition) is 1. The Morgan fingerprint density at radius 1 is 1.15 bits per heavy atom. The number of nitrogens with zero attached hydrogens (tertiary/aromatic N) is 4. The van der Waals surface area contributed by atoms with Crippen LogP contribution < -0.4 is 10.2 Å². The van der Waals surface area contributed by atoms with Crippen molar-refractivity contribution in [3.05, 3.63) is 77.2 Å². The number of anilines is 3. The molecule has 1 aromatic heterocycles. The maximum Gasteiger partial charge on any atom is 0.277 e. The zero-order valence-electron chi connectivity index (χ0n) is 14.8. The first kappa shape index (κ1) is 16.7. The molecule has 6 nitrogen and oxygen atoms in total. The van der Waals surface area contributed by atoms with Crippen LogP contribution >= 0.6 is 0 Å². The summed E-state index contributed by atoms with van der Waals surface area (Å²) in [5, 5.41) is 12.2. The van der Waals surface area contributed by atoms with Crippen LogP contribution in [0.5, 0.6) is 0 Å². The molecule has 0 aliphatic carbocycles. The average molecular weight is 355 g/mol. The van der Waals surface area contributed by atoms with Gasteiger partial charge in [0, 0.05) is 24.0 Å². The first-order valence-corrected chi connectivity index (χ1v) is 8.67. The molecule has 0 unspecified atom stereocenters. The van der Waals surface area contributed by atoms with Crippen molar-refractivity contribution in [3.63, 3.8) is 0 Å². The molecule has 0 bridgehead atoms. The van der Waals surface area contributed by atoms with Crippen molar-refractivity contribution in [1.29, 1.82) is 5.26 Å². The minimum absolute atomic E-state index is 0.140. The molecule has 0 spiro atoms. The lowest BCUT2D eigenvalue weighted by atomic mass is 10.2. The quantitative estimate of drug-likeness (QED) is 0.776. The third kappa shape index (κ3) is 3.35. The first-order valence-electron chi connectivity index (χ1n) is 8.67. The van der Waals surface area contributed by atoms with Gasteiger partial charge < -0.3 is 10.2 Å². The molecule has 2 heterocycles. The van der Waals surface area contributed by atoms with E-state index in [1.807, 2.05) is 30.3 Å². The highest BCUT2D eigenvalue weighted by molar-refractivity contribution is 6.06. The highest BCUT2D eigenvalue weighted by atomic mass is 16.2. The molecule has 0 radical (unpaired) electrons. The third-order valence-corrected chi connectivity index (χ3v) is 4.45. The standard InChI is InChI=1S/C21H17N5O/c1-14-23-18(21(27)26-10-9-16-6-2-3-8-19(16)26)12-20(24-14)25-17-7-4-5-15(11-17)13-22/h2-8,11-12H,9-10H2,1H3,(H,23,24,25). The summed E-state index contributed by atoms with van der Waals surface area (Å²) in [6, 6.07) is 18.8. The number of nitriles is 1. The molecular formula is C21H17N5O. The van der Waals surface area contributed by atoms with Crippen molar-refractivity contribution in [1.82, 2.24) is 9.97 Å². The molecule has 0 saturated heterocycles. The Morgan fingerprint density at radius 3 is 2.85 bits per heavy atom. The minimum Gasteiger partial charge on any atom is -0.340 e. The van der Waals surface area contributed by atoms with Gasteiger partial charge in [-0.1, -0.05) is 24.3 Å². The summed E-state index contributed by atoms with van der Waals surface area (Å²) in [6.45, 7) is 2.40. The van der Waals surface area contributed by atoms with E-state index in [1.165, 1.54) is 5.56 Å². The summed E-state index contributed by atoms with van der Waals surface area (Å²) in [5.74, 6) is 0.889. The molecule has 3 aromatic rings. The number of aromatic nitrogens is 2. The molecule has 1 aliphatic heterocycles. The summed E-state index contributed by atoms with van der Waals surface area (Å²) < 4.78 is 0. The number of carbonyl (C=O) groups is 1.